The summed E-state index contributed by atoms with van der Waals surface area (Å²) in [6.45, 7) is 3.86. The van der Waals surface area contributed by atoms with Gasteiger partial charge in [0.15, 0.2) is 0 Å². The lowest BCUT2D eigenvalue weighted by molar-refractivity contribution is -0.00874. The maximum Gasteiger partial charge on any atom is 0.0956 e. The molecule has 17 heavy (non-hydrogen) atoms. The fraction of sp³-hybridized carbons (Fsp3) is 0.375. The van der Waals surface area contributed by atoms with Gasteiger partial charge in [-0.15, -0.1) is 6.58 Å². The highest BCUT2D eigenvalue weighted by Gasteiger charge is 2.53. The van der Waals surface area contributed by atoms with Crippen LogP contribution in [-0.2, 0) is 5.41 Å². The van der Waals surface area contributed by atoms with Crippen LogP contribution in [0.4, 0.5) is 0 Å². The Morgan fingerprint density at radius 3 is 2.76 bits per heavy atom. The molecule has 0 unspecified atom stereocenters. The summed E-state index contributed by atoms with van der Waals surface area (Å²) in [7, 11) is 0. The highest BCUT2D eigenvalue weighted by atomic mass is 16.3. The van der Waals surface area contributed by atoms with Crippen LogP contribution in [-0.4, -0.2) is 10.7 Å². The first-order valence-electron chi connectivity index (χ1n) is 6.31. The average molecular weight is 226 g/mol. The van der Waals surface area contributed by atoms with Crippen LogP contribution in [0.15, 0.2) is 55.1 Å². The van der Waals surface area contributed by atoms with E-state index in [1.54, 1.807) is 6.08 Å². The molecule has 3 atom stereocenters. The quantitative estimate of drug-likeness (QED) is 0.768. The lowest BCUT2D eigenvalue weighted by atomic mass is 9.60. The number of hydrogen-bond donors (Lipinski definition) is 1. The summed E-state index contributed by atoms with van der Waals surface area (Å²) < 4.78 is 0. The molecular weight excluding hydrogens is 208 g/mol. The van der Waals surface area contributed by atoms with E-state index in [1.165, 1.54) is 5.56 Å². The van der Waals surface area contributed by atoms with Gasteiger partial charge < -0.3 is 5.11 Å². The lowest BCUT2D eigenvalue weighted by Crippen LogP contribution is -2.50. The van der Waals surface area contributed by atoms with E-state index < -0.39 is 5.60 Å². The van der Waals surface area contributed by atoms with Gasteiger partial charge in [-0.2, -0.15) is 0 Å². The summed E-state index contributed by atoms with van der Waals surface area (Å²) in [5, 5.41) is 10.9. The summed E-state index contributed by atoms with van der Waals surface area (Å²) >= 11 is 0. The normalized spacial score (nSPS) is 39.2. The largest absolute Gasteiger partial charge is 0.385 e. The van der Waals surface area contributed by atoms with E-state index >= 15 is 0 Å². The van der Waals surface area contributed by atoms with Crippen molar-refractivity contribution in [1.29, 1.82) is 0 Å². The molecule has 0 aromatic heterocycles. The van der Waals surface area contributed by atoms with Gasteiger partial charge in [0, 0.05) is 5.41 Å². The number of benzene rings is 1. The third kappa shape index (κ3) is 1.35. The fourth-order valence-corrected chi connectivity index (χ4v) is 3.48. The van der Waals surface area contributed by atoms with Gasteiger partial charge in [0.05, 0.1) is 5.60 Å². The van der Waals surface area contributed by atoms with Crippen molar-refractivity contribution < 1.29 is 5.11 Å². The Labute approximate surface area is 102 Å². The van der Waals surface area contributed by atoms with Crippen molar-refractivity contribution in [3.8, 4) is 0 Å². The molecule has 0 heterocycles. The minimum absolute atomic E-state index is 0.251. The second-order valence-electron chi connectivity index (χ2n) is 5.33. The molecule has 2 aliphatic rings. The number of allylic oxidation sites excluding steroid dienone is 1. The number of hydrogen-bond acceptors (Lipinski definition) is 1. The van der Waals surface area contributed by atoms with Crippen molar-refractivity contribution >= 4 is 0 Å². The molecule has 0 spiro atoms. The molecule has 1 N–H and O–H groups in total. The Bertz CT molecular complexity index is 462. The van der Waals surface area contributed by atoms with Crippen LogP contribution in [0.5, 0.6) is 0 Å². The molecule has 2 bridgehead atoms. The fourth-order valence-electron chi connectivity index (χ4n) is 3.48. The molecule has 0 aliphatic heterocycles. The molecule has 1 fully saturated rings. The van der Waals surface area contributed by atoms with Gasteiger partial charge in [-0.1, -0.05) is 48.6 Å². The molecule has 1 nitrogen and oxygen atoms in total. The maximum atomic E-state index is 10.9. The molecule has 2 aliphatic carbocycles. The minimum atomic E-state index is -0.794. The molecule has 1 saturated carbocycles. The van der Waals surface area contributed by atoms with E-state index in [1.807, 2.05) is 18.2 Å². The second-order valence-corrected chi connectivity index (χ2v) is 5.33. The van der Waals surface area contributed by atoms with Crippen LogP contribution in [0.2, 0.25) is 0 Å². The highest BCUT2D eigenvalue weighted by Crippen LogP contribution is 2.54. The molecule has 1 aromatic rings. The summed E-state index contributed by atoms with van der Waals surface area (Å²) in [6, 6.07) is 10.3. The van der Waals surface area contributed by atoms with Gasteiger partial charge in [-0.25, -0.2) is 0 Å². The molecule has 1 heteroatoms. The van der Waals surface area contributed by atoms with Crippen LogP contribution < -0.4 is 0 Å². The summed E-state index contributed by atoms with van der Waals surface area (Å²) in [5.41, 5.74) is 0.164. The third-order valence-electron chi connectivity index (χ3n) is 4.53. The van der Waals surface area contributed by atoms with Crippen molar-refractivity contribution in [3.63, 3.8) is 0 Å². The van der Waals surface area contributed by atoms with Crippen LogP contribution in [0.1, 0.15) is 24.8 Å². The van der Waals surface area contributed by atoms with Gasteiger partial charge in [0.25, 0.3) is 0 Å². The van der Waals surface area contributed by atoms with E-state index in [-0.39, 0.29) is 5.41 Å². The first kappa shape index (κ1) is 10.8. The second kappa shape index (κ2) is 3.58. The van der Waals surface area contributed by atoms with Crippen molar-refractivity contribution in [2.24, 2.45) is 5.92 Å². The van der Waals surface area contributed by atoms with Gasteiger partial charge in [-0.3, -0.25) is 0 Å². The predicted molar refractivity (Wildman–Crippen MR) is 69.7 cm³/mol. The zero-order chi connectivity index (χ0) is 11.9. The van der Waals surface area contributed by atoms with Crippen LogP contribution in [0, 0.1) is 5.92 Å². The van der Waals surface area contributed by atoms with Crippen molar-refractivity contribution in [3.05, 3.63) is 60.7 Å². The topological polar surface area (TPSA) is 20.2 Å². The molecule has 0 amide bonds. The van der Waals surface area contributed by atoms with Crippen molar-refractivity contribution in [2.45, 2.75) is 30.3 Å². The Hall–Kier alpha value is -1.34. The van der Waals surface area contributed by atoms with Crippen LogP contribution in [0.25, 0.3) is 0 Å². The minimum Gasteiger partial charge on any atom is -0.385 e. The van der Waals surface area contributed by atoms with E-state index in [9.17, 15) is 5.11 Å². The average Bonchev–Trinajstić information content (AvgIpc) is 2.78. The summed E-state index contributed by atoms with van der Waals surface area (Å²) in [4.78, 5) is 0. The number of aliphatic hydroxyl groups is 1. The third-order valence-corrected chi connectivity index (χ3v) is 4.53. The standard InChI is InChI=1S/C16H18O/c1-2-16(17)11-9-13-8-10-15(16,12-13)14-6-4-3-5-7-14/h2-8,10,13,17H,1,9,11-12H2/t13-,15-,16-/m0/s1. The zero-order valence-corrected chi connectivity index (χ0v) is 9.97. The SMILES string of the molecule is C=C[C@]1(O)CC[C@@H]2C=C[C@@]1(c1ccccc1)C2. The van der Waals surface area contributed by atoms with Gasteiger partial charge in [0.2, 0.25) is 0 Å². The Morgan fingerprint density at radius 1 is 1.29 bits per heavy atom. The molecular formula is C16H18O. The molecule has 88 valence electrons. The van der Waals surface area contributed by atoms with E-state index in [0.29, 0.717) is 5.92 Å². The van der Waals surface area contributed by atoms with Gasteiger partial charge >= 0.3 is 0 Å². The summed E-state index contributed by atoms with van der Waals surface area (Å²) in [5.74, 6) is 0.621. The number of rotatable bonds is 2. The monoisotopic (exact) mass is 226 g/mol. The van der Waals surface area contributed by atoms with Crippen LogP contribution >= 0.6 is 0 Å². The first-order valence-corrected chi connectivity index (χ1v) is 6.31. The molecule has 3 rings (SSSR count). The Kier molecular flexibility index (Phi) is 2.27. The van der Waals surface area contributed by atoms with E-state index in [0.717, 1.165) is 19.3 Å². The predicted octanol–water partition coefficient (Wildman–Crippen LogP) is 3.21. The molecule has 1 aromatic carbocycles. The number of fused-ring (bicyclic) bond motifs is 2. The lowest BCUT2D eigenvalue weighted by Gasteiger charge is -2.46. The smallest absolute Gasteiger partial charge is 0.0956 e. The first-order chi connectivity index (χ1) is 8.20. The van der Waals surface area contributed by atoms with Gasteiger partial charge in [-0.05, 0) is 30.7 Å². The van der Waals surface area contributed by atoms with Gasteiger partial charge in [0.1, 0.15) is 0 Å². The maximum absolute atomic E-state index is 10.9. The van der Waals surface area contributed by atoms with Crippen molar-refractivity contribution in [2.75, 3.05) is 0 Å². The van der Waals surface area contributed by atoms with Crippen molar-refractivity contribution in [1.82, 2.24) is 0 Å². The van der Waals surface area contributed by atoms with E-state index in [2.05, 4.69) is 30.9 Å². The zero-order valence-electron chi connectivity index (χ0n) is 9.97. The summed E-state index contributed by atoms with van der Waals surface area (Å²) in [6.07, 6.45) is 9.11. The highest BCUT2D eigenvalue weighted by molar-refractivity contribution is 5.42. The van der Waals surface area contributed by atoms with E-state index in [4.69, 9.17) is 0 Å². The van der Waals surface area contributed by atoms with Crippen LogP contribution in [0.3, 0.4) is 0 Å². The Balaban J connectivity index is 2.15. The molecule has 0 saturated heterocycles. The molecule has 0 radical (unpaired) electrons. The Morgan fingerprint density at radius 2 is 2.06 bits per heavy atom.